The molecule has 0 unspecified atom stereocenters. The van der Waals surface area contributed by atoms with Crippen LogP contribution in [-0.4, -0.2) is 49.0 Å². The quantitative estimate of drug-likeness (QED) is 0.524. The molecule has 0 radical (unpaired) electrons. The van der Waals surface area contributed by atoms with Crippen LogP contribution in [0.2, 0.25) is 19.6 Å². The van der Waals surface area contributed by atoms with E-state index < -0.39 is 8.07 Å². The van der Waals surface area contributed by atoms with Crippen molar-refractivity contribution < 1.29 is 0 Å². The van der Waals surface area contributed by atoms with Crippen LogP contribution in [-0.2, 0) is 13.1 Å². The van der Waals surface area contributed by atoms with E-state index in [0.29, 0.717) is 0 Å². The smallest absolute Gasteiger partial charge is 0.129 e. The molecular formula is C20H35N3Si. The van der Waals surface area contributed by atoms with Crippen molar-refractivity contribution in [3.8, 4) is 11.5 Å². The molecule has 24 heavy (non-hydrogen) atoms. The third-order valence-corrected chi connectivity index (χ3v) is 4.95. The van der Waals surface area contributed by atoms with E-state index >= 15 is 0 Å². The van der Waals surface area contributed by atoms with E-state index in [2.05, 4.69) is 80.7 Å². The van der Waals surface area contributed by atoms with Crippen LogP contribution in [0.15, 0.2) is 12.1 Å². The second-order valence-corrected chi connectivity index (χ2v) is 12.0. The summed E-state index contributed by atoms with van der Waals surface area (Å²) in [5.41, 5.74) is 6.89. The number of hydrogen-bond acceptors (Lipinski definition) is 3. The van der Waals surface area contributed by atoms with Crippen molar-refractivity contribution in [2.24, 2.45) is 0 Å². The second-order valence-electron chi connectivity index (χ2n) is 7.26. The monoisotopic (exact) mass is 345 g/mol. The van der Waals surface area contributed by atoms with Crippen LogP contribution in [0.5, 0.6) is 0 Å². The molecule has 0 aliphatic heterocycles. The number of hydrogen-bond donors (Lipinski definition) is 0. The summed E-state index contributed by atoms with van der Waals surface area (Å²) in [5.74, 6) is 3.42. The zero-order chi connectivity index (χ0) is 18.2. The van der Waals surface area contributed by atoms with Crippen molar-refractivity contribution in [1.29, 1.82) is 0 Å². The zero-order valence-electron chi connectivity index (χ0n) is 16.7. The molecule has 1 aromatic rings. The summed E-state index contributed by atoms with van der Waals surface area (Å²) in [4.78, 5) is 9.71. The van der Waals surface area contributed by atoms with Crippen LogP contribution in [0.1, 0.15) is 44.6 Å². The maximum absolute atomic E-state index is 4.91. The van der Waals surface area contributed by atoms with E-state index in [4.69, 9.17) is 4.98 Å². The van der Waals surface area contributed by atoms with Gasteiger partial charge in [0.1, 0.15) is 8.07 Å². The van der Waals surface area contributed by atoms with Gasteiger partial charge in [-0.3, -0.25) is 14.8 Å². The third-order valence-electron chi connectivity index (χ3n) is 4.07. The van der Waals surface area contributed by atoms with Crippen molar-refractivity contribution in [3.05, 3.63) is 29.1 Å². The standard InChI is InChI=1S/C20H35N3Si/c1-8-22(9-2)16-19-14-18(12-13-24(5,6)7)15-20(21-19)17-23(10-3)11-4/h14-15H,8-11,16-17H2,1-7H3. The van der Waals surface area contributed by atoms with E-state index in [1.807, 2.05) is 0 Å². The van der Waals surface area contributed by atoms with Gasteiger partial charge in [0.15, 0.2) is 0 Å². The minimum absolute atomic E-state index is 0.903. The maximum atomic E-state index is 4.91. The number of nitrogens with zero attached hydrogens (tertiary/aromatic N) is 3. The molecule has 0 N–H and O–H groups in total. The molecule has 0 amide bonds. The molecule has 0 atom stereocenters. The minimum atomic E-state index is -1.37. The molecule has 134 valence electrons. The Morgan fingerprint density at radius 1 is 0.833 bits per heavy atom. The summed E-state index contributed by atoms with van der Waals surface area (Å²) in [6, 6.07) is 4.36. The Hall–Kier alpha value is -1.15. The highest BCUT2D eigenvalue weighted by molar-refractivity contribution is 6.83. The lowest BCUT2D eigenvalue weighted by Crippen LogP contribution is -2.25. The summed E-state index contributed by atoms with van der Waals surface area (Å²) < 4.78 is 0. The first-order chi connectivity index (χ1) is 11.3. The van der Waals surface area contributed by atoms with Gasteiger partial charge in [0.25, 0.3) is 0 Å². The third kappa shape index (κ3) is 7.61. The Morgan fingerprint density at radius 3 is 1.58 bits per heavy atom. The molecule has 0 bridgehead atoms. The fourth-order valence-electron chi connectivity index (χ4n) is 2.50. The van der Waals surface area contributed by atoms with Gasteiger partial charge in [-0.15, -0.1) is 5.54 Å². The predicted octanol–water partition coefficient (Wildman–Crippen LogP) is 3.99. The molecule has 0 fully saturated rings. The number of aromatic nitrogens is 1. The fourth-order valence-corrected chi connectivity index (χ4v) is 3.02. The molecule has 1 rings (SSSR count). The van der Waals surface area contributed by atoms with Crippen LogP contribution in [0.3, 0.4) is 0 Å². The van der Waals surface area contributed by atoms with Crippen LogP contribution < -0.4 is 0 Å². The van der Waals surface area contributed by atoms with E-state index in [9.17, 15) is 0 Å². The SMILES string of the molecule is CCN(CC)Cc1cc(C#C[Si](C)(C)C)cc(CN(CC)CC)n1. The predicted molar refractivity (Wildman–Crippen MR) is 108 cm³/mol. The highest BCUT2D eigenvalue weighted by Crippen LogP contribution is 2.11. The summed E-state index contributed by atoms with van der Waals surface area (Å²) >= 11 is 0. The Kier molecular flexibility index (Phi) is 8.69. The summed E-state index contributed by atoms with van der Waals surface area (Å²) in [6.45, 7) is 21.7. The number of rotatable bonds is 8. The zero-order valence-corrected chi connectivity index (χ0v) is 17.7. The molecule has 0 aliphatic rings. The molecular weight excluding hydrogens is 310 g/mol. The van der Waals surface area contributed by atoms with Gasteiger partial charge in [-0.1, -0.05) is 53.3 Å². The van der Waals surface area contributed by atoms with Crippen molar-refractivity contribution in [2.75, 3.05) is 26.2 Å². The normalized spacial score (nSPS) is 11.7. The average Bonchev–Trinajstić information content (AvgIpc) is 2.55. The molecule has 0 spiro atoms. The summed E-state index contributed by atoms with van der Waals surface area (Å²) in [5, 5.41) is 0. The first-order valence-corrected chi connectivity index (χ1v) is 12.8. The maximum Gasteiger partial charge on any atom is 0.129 e. The van der Waals surface area contributed by atoms with Crippen LogP contribution in [0.25, 0.3) is 0 Å². The Balaban J connectivity index is 3.14. The van der Waals surface area contributed by atoms with Crippen molar-refractivity contribution in [3.63, 3.8) is 0 Å². The Morgan fingerprint density at radius 2 is 1.25 bits per heavy atom. The lowest BCUT2D eigenvalue weighted by molar-refractivity contribution is 0.284. The van der Waals surface area contributed by atoms with Gasteiger partial charge in [0.05, 0.1) is 11.4 Å². The van der Waals surface area contributed by atoms with E-state index in [0.717, 1.165) is 56.2 Å². The lowest BCUT2D eigenvalue weighted by Gasteiger charge is -2.20. The average molecular weight is 346 g/mol. The van der Waals surface area contributed by atoms with Gasteiger partial charge >= 0.3 is 0 Å². The van der Waals surface area contributed by atoms with E-state index in [1.54, 1.807) is 0 Å². The molecule has 0 saturated heterocycles. The molecule has 3 nitrogen and oxygen atoms in total. The van der Waals surface area contributed by atoms with E-state index in [1.165, 1.54) is 0 Å². The van der Waals surface area contributed by atoms with Crippen LogP contribution >= 0.6 is 0 Å². The Labute approximate surface area is 150 Å². The van der Waals surface area contributed by atoms with Gasteiger partial charge in [0, 0.05) is 18.7 Å². The van der Waals surface area contributed by atoms with Gasteiger partial charge in [-0.2, -0.15) is 0 Å². The van der Waals surface area contributed by atoms with Crippen LogP contribution in [0.4, 0.5) is 0 Å². The fraction of sp³-hybridized carbons (Fsp3) is 0.650. The number of pyridine rings is 1. The highest BCUT2D eigenvalue weighted by Gasteiger charge is 2.10. The molecule has 4 heteroatoms. The highest BCUT2D eigenvalue weighted by atomic mass is 28.3. The minimum Gasteiger partial charge on any atom is -0.298 e. The molecule has 0 saturated carbocycles. The summed E-state index contributed by atoms with van der Waals surface area (Å²) in [6.07, 6.45) is 0. The van der Waals surface area contributed by atoms with Crippen molar-refractivity contribution in [1.82, 2.24) is 14.8 Å². The molecule has 1 heterocycles. The van der Waals surface area contributed by atoms with E-state index in [-0.39, 0.29) is 0 Å². The van der Waals surface area contributed by atoms with Gasteiger partial charge < -0.3 is 0 Å². The first kappa shape index (κ1) is 20.9. The van der Waals surface area contributed by atoms with Gasteiger partial charge in [0.2, 0.25) is 0 Å². The lowest BCUT2D eigenvalue weighted by atomic mass is 10.1. The van der Waals surface area contributed by atoms with Gasteiger partial charge in [-0.05, 0) is 38.3 Å². The van der Waals surface area contributed by atoms with Crippen LogP contribution in [0, 0.1) is 11.5 Å². The summed E-state index contributed by atoms with van der Waals surface area (Å²) in [7, 11) is -1.37. The second kappa shape index (κ2) is 9.98. The van der Waals surface area contributed by atoms with Gasteiger partial charge in [-0.25, -0.2) is 0 Å². The Bertz CT molecular complexity index is 526. The van der Waals surface area contributed by atoms with Crippen molar-refractivity contribution in [2.45, 2.75) is 60.4 Å². The largest absolute Gasteiger partial charge is 0.298 e. The molecule has 0 aromatic carbocycles. The topological polar surface area (TPSA) is 19.4 Å². The first-order valence-electron chi connectivity index (χ1n) is 9.28. The van der Waals surface area contributed by atoms with Crippen molar-refractivity contribution >= 4 is 8.07 Å². The molecule has 0 aliphatic carbocycles. The molecule has 1 aromatic heterocycles.